The first-order valence-corrected chi connectivity index (χ1v) is 6.93. The number of rotatable bonds is 3. The van der Waals surface area contributed by atoms with E-state index in [0.29, 0.717) is 11.3 Å². The number of halogens is 1. The van der Waals surface area contributed by atoms with Gasteiger partial charge in [-0.25, -0.2) is 9.82 Å². The second kappa shape index (κ2) is 7.31. The van der Waals surface area contributed by atoms with E-state index >= 15 is 0 Å². The Morgan fingerprint density at radius 1 is 1.04 bits per heavy atom. The molecule has 2 N–H and O–H groups in total. The molecule has 0 saturated heterocycles. The first-order valence-electron chi connectivity index (χ1n) is 6.93. The van der Waals surface area contributed by atoms with Gasteiger partial charge < -0.3 is 5.32 Å². The Hall–Kier alpha value is -3.02. The molecule has 0 bridgehead atoms. The van der Waals surface area contributed by atoms with Gasteiger partial charge in [0.1, 0.15) is 5.82 Å². The van der Waals surface area contributed by atoms with Gasteiger partial charge in [-0.05, 0) is 43.2 Å². The summed E-state index contributed by atoms with van der Waals surface area (Å²) in [5, 5.41) is 6.18. The van der Waals surface area contributed by atoms with E-state index in [1.165, 1.54) is 30.5 Å². The number of amides is 2. The molecule has 2 rings (SSSR count). The lowest BCUT2D eigenvalue weighted by atomic mass is 10.1. The monoisotopic (exact) mass is 313 g/mol. The molecular formula is C17H16FN3O2. The fraction of sp³-hybridized carbons (Fsp3) is 0.118. The van der Waals surface area contributed by atoms with E-state index in [1.807, 2.05) is 26.0 Å². The van der Waals surface area contributed by atoms with Gasteiger partial charge in [0, 0.05) is 5.69 Å². The molecule has 0 fully saturated rings. The number of nitrogens with one attached hydrogen (secondary N) is 2. The quantitative estimate of drug-likeness (QED) is 0.519. The van der Waals surface area contributed by atoms with E-state index in [4.69, 9.17) is 0 Å². The van der Waals surface area contributed by atoms with Gasteiger partial charge in [-0.3, -0.25) is 9.59 Å². The third-order valence-corrected chi connectivity index (χ3v) is 3.09. The average Bonchev–Trinajstić information content (AvgIpc) is 2.51. The molecule has 0 atom stereocenters. The van der Waals surface area contributed by atoms with Gasteiger partial charge in [-0.1, -0.05) is 29.8 Å². The molecule has 118 valence electrons. The SMILES string of the molecule is Cc1ccc(NC(=O)C(=O)NN=Cc2ccc(F)cc2)c(C)c1. The molecule has 0 unspecified atom stereocenters. The normalized spacial score (nSPS) is 10.6. The number of hydrogen-bond donors (Lipinski definition) is 2. The van der Waals surface area contributed by atoms with Crippen LogP contribution in [0.3, 0.4) is 0 Å². The van der Waals surface area contributed by atoms with E-state index in [9.17, 15) is 14.0 Å². The molecule has 0 aliphatic carbocycles. The molecule has 0 aromatic heterocycles. The molecule has 0 radical (unpaired) electrons. The molecule has 5 nitrogen and oxygen atoms in total. The van der Waals surface area contributed by atoms with Crippen molar-refractivity contribution in [2.24, 2.45) is 5.10 Å². The number of carbonyl (C=O) groups excluding carboxylic acids is 2. The second-order valence-corrected chi connectivity index (χ2v) is 5.02. The highest BCUT2D eigenvalue weighted by molar-refractivity contribution is 6.39. The zero-order chi connectivity index (χ0) is 16.8. The minimum Gasteiger partial charge on any atom is -0.317 e. The molecule has 0 saturated carbocycles. The number of nitrogens with zero attached hydrogens (tertiary/aromatic N) is 1. The molecule has 0 heterocycles. The largest absolute Gasteiger partial charge is 0.329 e. The summed E-state index contributed by atoms with van der Waals surface area (Å²) in [5.74, 6) is -2.06. The van der Waals surface area contributed by atoms with Crippen molar-refractivity contribution >= 4 is 23.7 Å². The van der Waals surface area contributed by atoms with Crippen LogP contribution in [-0.4, -0.2) is 18.0 Å². The van der Waals surface area contributed by atoms with Crippen LogP contribution in [0.5, 0.6) is 0 Å². The average molecular weight is 313 g/mol. The molecule has 0 aliphatic rings. The molecule has 6 heteroatoms. The predicted octanol–water partition coefficient (Wildman–Crippen LogP) is 2.53. The van der Waals surface area contributed by atoms with Gasteiger partial charge in [0.25, 0.3) is 0 Å². The first-order chi connectivity index (χ1) is 11.0. The van der Waals surface area contributed by atoms with Crippen LogP contribution in [0.4, 0.5) is 10.1 Å². The third-order valence-electron chi connectivity index (χ3n) is 3.09. The van der Waals surface area contributed by atoms with Gasteiger partial charge in [0.05, 0.1) is 6.21 Å². The Bertz CT molecular complexity index is 755. The summed E-state index contributed by atoms with van der Waals surface area (Å²) in [4.78, 5) is 23.5. The van der Waals surface area contributed by atoms with Crippen LogP contribution >= 0.6 is 0 Å². The molecule has 2 aromatic rings. The minimum absolute atomic E-state index is 0.362. The maximum Gasteiger partial charge on any atom is 0.329 e. The second-order valence-electron chi connectivity index (χ2n) is 5.02. The summed E-state index contributed by atoms with van der Waals surface area (Å²) in [5.41, 5.74) is 5.21. The number of hydrogen-bond acceptors (Lipinski definition) is 3. The van der Waals surface area contributed by atoms with Crippen LogP contribution in [0.15, 0.2) is 47.6 Å². The highest BCUT2D eigenvalue weighted by Crippen LogP contribution is 2.15. The fourth-order valence-corrected chi connectivity index (χ4v) is 1.90. The summed E-state index contributed by atoms with van der Waals surface area (Å²) < 4.78 is 12.7. The number of hydrazone groups is 1. The maximum absolute atomic E-state index is 12.7. The number of anilines is 1. The van der Waals surface area contributed by atoms with Crippen LogP contribution < -0.4 is 10.7 Å². The summed E-state index contributed by atoms with van der Waals surface area (Å²) in [6, 6.07) is 11.0. The Kier molecular flexibility index (Phi) is 5.19. The lowest BCUT2D eigenvalue weighted by Gasteiger charge is -2.08. The Balaban J connectivity index is 1.92. The van der Waals surface area contributed by atoms with Crippen molar-refractivity contribution in [3.8, 4) is 0 Å². The number of benzene rings is 2. The Morgan fingerprint density at radius 3 is 2.39 bits per heavy atom. The minimum atomic E-state index is -0.886. The van der Waals surface area contributed by atoms with Crippen LogP contribution in [0, 0.1) is 19.7 Å². The van der Waals surface area contributed by atoms with Crippen LogP contribution in [0.2, 0.25) is 0 Å². The smallest absolute Gasteiger partial charge is 0.317 e. The van der Waals surface area contributed by atoms with Gasteiger partial charge in [-0.15, -0.1) is 0 Å². The van der Waals surface area contributed by atoms with Crippen molar-refractivity contribution < 1.29 is 14.0 Å². The highest BCUT2D eigenvalue weighted by Gasteiger charge is 2.13. The van der Waals surface area contributed by atoms with E-state index in [2.05, 4.69) is 15.8 Å². The first kappa shape index (κ1) is 16.4. The molecule has 0 spiro atoms. The van der Waals surface area contributed by atoms with Crippen molar-refractivity contribution in [3.63, 3.8) is 0 Å². The molecule has 2 aromatic carbocycles. The number of aryl methyl sites for hydroxylation is 2. The van der Waals surface area contributed by atoms with Gasteiger partial charge in [-0.2, -0.15) is 5.10 Å². The van der Waals surface area contributed by atoms with Gasteiger partial charge >= 0.3 is 11.8 Å². The zero-order valence-electron chi connectivity index (χ0n) is 12.8. The predicted molar refractivity (Wildman–Crippen MR) is 86.7 cm³/mol. The Morgan fingerprint density at radius 2 is 1.74 bits per heavy atom. The van der Waals surface area contributed by atoms with Crippen molar-refractivity contribution in [2.75, 3.05) is 5.32 Å². The lowest BCUT2D eigenvalue weighted by Crippen LogP contribution is -2.32. The van der Waals surface area contributed by atoms with Crippen molar-refractivity contribution in [1.82, 2.24) is 5.43 Å². The van der Waals surface area contributed by atoms with Gasteiger partial charge in [0.15, 0.2) is 0 Å². The Labute approximate surface area is 133 Å². The number of carbonyl (C=O) groups is 2. The summed E-state index contributed by atoms with van der Waals surface area (Å²) in [7, 11) is 0. The van der Waals surface area contributed by atoms with Crippen LogP contribution in [0.25, 0.3) is 0 Å². The lowest BCUT2D eigenvalue weighted by molar-refractivity contribution is -0.136. The molecule has 2 amide bonds. The zero-order valence-corrected chi connectivity index (χ0v) is 12.8. The third kappa shape index (κ3) is 4.74. The van der Waals surface area contributed by atoms with Crippen LogP contribution in [0.1, 0.15) is 16.7 Å². The summed E-state index contributed by atoms with van der Waals surface area (Å²) in [6.45, 7) is 3.78. The van der Waals surface area contributed by atoms with Crippen molar-refractivity contribution in [3.05, 3.63) is 65.0 Å². The summed E-state index contributed by atoms with van der Waals surface area (Å²) in [6.07, 6.45) is 1.32. The molecule has 0 aliphatic heterocycles. The van der Waals surface area contributed by atoms with E-state index in [-0.39, 0.29) is 5.82 Å². The van der Waals surface area contributed by atoms with Crippen molar-refractivity contribution in [2.45, 2.75) is 13.8 Å². The van der Waals surface area contributed by atoms with E-state index < -0.39 is 11.8 Å². The summed E-state index contributed by atoms with van der Waals surface area (Å²) >= 11 is 0. The van der Waals surface area contributed by atoms with Crippen LogP contribution in [-0.2, 0) is 9.59 Å². The van der Waals surface area contributed by atoms with E-state index in [0.717, 1.165) is 11.1 Å². The fourth-order valence-electron chi connectivity index (χ4n) is 1.90. The van der Waals surface area contributed by atoms with Crippen molar-refractivity contribution in [1.29, 1.82) is 0 Å². The standard InChI is InChI=1S/C17H16FN3O2/c1-11-3-8-15(12(2)9-11)20-16(22)17(23)21-19-10-13-4-6-14(18)7-5-13/h3-10H,1-2H3,(H,20,22)(H,21,23). The topological polar surface area (TPSA) is 70.6 Å². The highest BCUT2D eigenvalue weighted by atomic mass is 19.1. The van der Waals surface area contributed by atoms with Gasteiger partial charge in [0.2, 0.25) is 0 Å². The van der Waals surface area contributed by atoms with E-state index in [1.54, 1.807) is 6.07 Å². The molecular weight excluding hydrogens is 297 g/mol. The molecule has 23 heavy (non-hydrogen) atoms. The maximum atomic E-state index is 12.7.